The molecule has 8 heteroatoms. The van der Waals surface area contributed by atoms with Gasteiger partial charge in [-0.1, -0.05) is 51.4 Å². The lowest BCUT2D eigenvalue weighted by Gasteiger charge is -2.14. The maximum absolute atomic E-state index is 5.63. The molecule has 0 atom stereocenters. The minimum absolute atomic E-state index is 0.823. The third-order valence-electron chi connectivity index (χ3n) is 2.97. The molecule has 0 aromatic carbocycles. The predicted octanol–water partition coefficient (Wildman–Crippen LogP) is -0.263. The van der Waals surface area contributed by atoms with Crippen molar-refractivity contribution in [1.82, 2.24) is 0 Å². The van der Waals surface area contributed by atoms with Gasteiger partial charge in [0.2, 0.25) is 0 Å². The van der Waals surface area contributed by atoms with Crippen LogP contribution in [0.15, 0.2) is 0 Å². The summed E-state index contributed by atoms with van der Waals surface area (Å²) in [6, 6.07) is 1.65. The maximum atomic E-state index is 5.63. The second-order valence-electron chi connectivity index (χ2n) is 5.55. The molecule has 0 aromatic rings. The van der Waals surface area contributed by atoms with Gasteiger partial charge in [0.05, 0.1) is 0 Å². The Morgan fingerprint density at radius 2 is 0.611 bits per heavy atom. The Labute approximate surface area is 113 Å². The predicted molar refractivity (Wildman–Crippen MR) is 83.2 cm³/mol. The van der Waals surface area contributed by atoms with Crippen LogP contribution in [0.3, 0.4) is 0 Å². The number of hydrogen-bond acceptors (Lipinski definition) is 6. The molecule has 0 aliphatic heterocycles. The van der Waals surface area contributed by atoms with E-state index in [0.717, 1.165) is 24.9 Å². The van der Waals surface area contributed by atoms with Gasteiger partial charge in [0.15, 0.2) is 0 Å². The van der Waals surface area contributed by atoms with E-state index in [1.54, 1.807) is 0 Å². The Bertz CT molecular complexity index is 180. The Hall–Kier alpha value is 0.194. The molecule has 0 unspecified atom stereocenters. The summed E-state index contributed by atoms with van der Waals surface area (Å²) in [7, 11) is -4.59. The molecule has 12 N–H and O–H groups in total. The van der Waals surface area contributed by atoms with Crippen LogP contribution in [-0.2, 0) is 0 Å². The minimum atomic E-state index is -2.29. The highest BCUT2D eigenvalue weighted by Crippen LogP contribution is 2.11. The van der Waals surface area contributed by atoms with Gasteiger partial charge in [-0.3, -0.25) is 0 Å². The average molecular weight is 293 g/mol. The van der Waals surface area contributed by atoms with Crippen molar-refractivity contribution < 1.29 is 0 Å². The molecule has 0 aliphatic rings. The highest BCUT2D eigenvalue weighted by Gasteiger charge is 2.16. The normalized spacial score (nSPS) is 13.0. The van der Waals surface area contributed by atoms with E-state index in [-0.39, 0.29) is 0 Å². The lowest BCUT2D eigenvalue weighted by atomic mass is 10.1. The molecular formula is C10H32N6Si2. The molecule has 0 saturated carbocycles. The van der Waals surface area contributed by atoms with E-state index < -0.39 is 17.1 Å². The topological polar surface area (TPSA) is 156 Å². The second kappa shape index (κ2) is 9.15. The van der Waals surface area contributed by atoms with E-state index in [9.17, 15) is 0 Å². The third-order valence-corrected chi connectivity index (χ3v) is 5.41. The van der Waals surface area contributed by atoms with Crippen LogP contribution in [0.5, 0.6) is 0 Å². The van der Waals surface area contributed by atoms with Crippen molar-refractivity contribution in [3.8, 4) is 0 Å². The van der Waals surface area contributed by atoms with Gasteiger partial charge in [0.1, 0.15) is 0 Å². The molecule has 0 aliphatic carbocycles. The molecule has 0 rings (SSSR count). The van der Waals surface area contributed by atoms with E-state index in [1.807, 2.05) is 0 Å². The molecule has 18 heavy (non-hydrogen) atoms. The molecule has 0 bridgehead atoms. The zero-order chi connectivity index (χ0) is 14.1. The largest absolute Gasteiger partial charge is 0.327 e. The minimum Gasteiger partial charge on any atom is -0.327 e. The van der Waals surface area contributed by atoms with Crippen molar-refractivity contribution in [2.24, 2.45) is 32.4 Å². The highest BCUT2D eigenvalue weighted by atomic mass is 28.4. The van der Waals surface area contributed by atoms with Crippen molar-refractivity contribution in [2.75, 3.05) is 0 Å². The third kappa shape index (κ3) is 16.2. The molecule has 0 heterocycles. The van der Waals surface area contributed by atoms with Crippen LogP contribution in [-0.4, -0.2) is 17.1 Å². The van der Waals surface area contributed by atoms with Crippen LogP contribution in [0.4, 0.5) is 0 Å². The summed E-state index contributed by atoms with van der Waals surface area (Å²) in [6.07, 6.45) is 9.53. The first-order valence-corrected chi connectivity index (χ1v) is 11.8. The average Bonchev–Trinajstić information content (AvgIpc) is 2.17. The number of rotatable bonds is 11. The van der Waals surface area contributed by atoms with Gasteiger partial charge in [-0.25, -0.2) is 0 Å². The number of hydrogen-bond donors (Lipinski definition) is 6. The van der Waals surface area contributed by atoms with Crippen LogP contribution in [0.25, 0.3) is 0 Å². The van der Waals surface area contributed by atoms with E-state index >= 15 is 0 Å². The first kappa shape index (κ1) is 18.2. The van der Waals surface area contributed by atoms with Crippen LogP contribution in [0.2, 0.25) is 12.1 Å². The summed E-state index contributed by atoms with van der Waals surface area (Å²) in [4.78, 5) is 0. The first-order valence-electron chi connectivity index (χ1n) is 6.94. The Kier molecular flexibility index (Phi) is 9.25. The fourth-order valence-corrected chi connectivity index (χ4v) is 3.65. The zero-order valence-electron chi connectivity index (χ0n) is 11.5. The van der Waals surface area contributed by atoms with E-state index in [2.05, 4.69) is 0 Å². The number of nitrogens with two attached hydrogens (primary N) is 6. The molecule has 0 aromatic heterocycles. The van der Waals surface area contributed by atoms with Gasteiger partial charge in [-0.2, -0.15) is 0 Å². The lowest BCUT2D eigenvalue weighted by molar-refractivity contribution is 0.582. The molecular weight excluding hydrogens is 260 g/mol. The van der Waals surface area contributed by atoms with Crippen LogP contribution < -0.4 is 32.4 Å². The molecule has 0 radical (unpaired) electrons. The molecule has 0 spiro atoms. The van der Waals surface area contributed by atoms with Crippen molar-refractivity contribution >= 4 is 17.1 Å². The van der Waals surface area contributed by atoms with Crippen LogP contribution in [0, 0.1) is 0 Å². The van der Waals surface area contributed by atoms with Crippen molar-refractivity contribution in [1.29, 1.82) is 0 Å². The fraction of sp³-hybridized carbons (Fsp3) is 1.00. The SMILES string of the molecule is N[Si](N)(N)CCCCCCCCCC[Si](N)(N)N. The molecule has 0 fully saturated rings. The molecule has 0 saturated heterocycles. The van der Waals surface area contributed by atoms with Gasteiger partial charge in [0.25, 0.3) is 17.1 Å². The Balaban J connectivity index is 3.13. The quantitative estimate of drug-likeness (QED) is 0.227. The standard InChI is InChI=1S/C10H32N6Si2/c11-17(12,13)9-7-5-3-1-2-4-6-8-10-18(14,15)16/h1-16H2. The lowest BCUT2D eigenvalue weighted by Crippen LogP contribution is -2.64. The summed E-state index contributed by atoms with van der Waals surface area (Å²) < 4.78 is 0. The fourth-order valence-electron chi connectivity index (χ4n) is 1.92. The van der Waals surface area contributed by atoms with E-state index in [0.29, 0.717) is 0 Å². The molecule has 6 nitrogen and oxygen atoms in total. The number of unbranched alkanes of at least 4 members (excludes halogenated alkanes) is 7. The summed E-state index contributed by atoms with van der Waals surface area (Å²) in [5.74, 6) is 0. The van der Waals surface area contributed by atoms with Gasteiger partial charge in [-0.15, -0.1) is 0 Å². The van der Waals surface area contributed by atoms with E-state index in [1.165, 1.54) is 38.5 Å². The van der Waals surface area contributed by atoms with Gasteiger partial charge in [0, 0.05) is 0 Å². The van der Waals surface area contributed by atoms with Crippen molar-refractivity contribution in [3.05, 3.63) is 0 Å². The Morgan fingerprint density at radius 3 is 0.833 bits per heavy atom. The smallest absolute Gasteiger partial charge is 0.273 e. The summed E-state index contributed by atoms with van der Waals surface area (Å²) >= 11 is 0. The van der Waals surface area contributed by atoms with Gasteiger partial charge < -0.3 is 32.4 Å². The maximum Gasteiger partial charge on any atom is 0.273 e. The van der Waals surface area contributed by atoms with E-state index in [4.69, 9.17) is 32.4 Å². The summed E-state index contributed by atoms with van der Waals surface area (Å²) in [6.45, 7) is 0. The molecule has 110 valence electrons. The van der Waals surface area contributed by atoms with Crippen LogP contribution >= 0.6 is 0 Å². The first-order chi connectivity index (χ1) is 8.21. The van der Waals surface area contributed by atoms with Gasteiger partial charge >= 0.3 is 0 Å². The van der Waals surface area contributed by atoms with Gasteiger partial charge in [-0.05, 0) is 12.1 Å². The van der Waals surface area contributed by atoms with Crippen molar-refractivity contribution in [3.63, 3.8) is 0 Å². The summed E-state index contributed by atoms with van der Waals surface area (Å²) in [5.41, 5.74) is 0. The highest BCUT2D eigenvalue weighted by molar-refractivity contribution is 6.70. The monoisotopic (exact) mass is 292 g/mol. The zero-order valence-corrected chi connectivity index (χ0v) is 13.5. The van der Waals surface area contributed by atoms with Crippen molar-refractivity contribution in [2.45, 2.75) is 63.5 Å². The van der Waals surface area contributed by atoms with Crippen LogP contribution in [0.1, 0.15) is 51.4 Å². The summed E-state index contributed by atoms with van der Waals surface area (Å²) in [5, 5.41) is 33.8. The Morgan fingerprint density at radius 1 is 0.389 bits per heavy atom. The second-order valence-corrected chi connectivity index (χ2v) is 11.0. The molecule has 0 amide bonds.